The summed E-state index contributed by atoms with van der Waals surface area (Å²) >= 11 is 5.67. The Morgan fingerprint density at radius 1 is 1.50 bits per heavy atom. The van der Waals surface area contributed by atoms with Gasteiger partial charge in [0.25, 0.3) is 0 Å². The molecule has 66 valence electrons. The molecule has 0 aliphatic heterocycles. The number of hydrogen-bond donors (Lipinski definition) is 0. The Morgan fingerprint density at radius 2 is 2.17 bits per heavy atom. The van der Waals surface area contributed by atoms with Crippen LogP contribution in [0.2, 0.25) is 5.22 Å². The Labute approximate surface area is 76.9 Å². The van der Waals surface area contributed by atoms with E-state index in [0.29, 0.717) is 5.22 Å². The third-order valence-corrected chi connectivity index (χ3v) is 2.98. The molecule has 1 aromatic rings. The zero-order valence-electron chi connectivity index (χ0n) is 7.14. The van der Waals surface area contributed by atoms with Crippen LogP contribution in [-0.2, 0) is 5.41 Å². The number of aromatic nitrogens is 1. The van der Waals surface area contributed by atoms with E-state index in [1.807, 2.05) is 6.07 Å². The SMILES string of the molecule is CC1(c2cc(Cl)on2)CCCC1. The van der Waals surface area contributed by atoms with E-state index >= 15 is 0 Å². The van der Waals surface area contributed by atoms with Crippen molar-refractivity contribution in [2.75, 3.05) is 0 Å². The van der Waals surface area contributed by atoms with E-state index in [9.17, 15) is 0 Å². The predicted octanol–water partition coefficient (Wildman–Crippen LogP) is 3.16. The molecule has 3 heteroatoms. The highest BCUT2D eigenvalue weighted by Crippen LogP contribution is 2.40. The first-order chi connectivity index (χ1) is 5.71. The predicted molar refractivity (Wildman–Crippen MR) is 47.3 cm³/mol. The van der Waals surface area contributed by atoms with Crippen molar-refractivity contribution < 1.29 is 4.52 Å². The normalized spacial score (nSPS) is 21.5. The zero-order valence-corrected chi connectivity index (χ0v) is 7.90. The van der Waals surface area contributed by atoms with Gasteiger partial charge in [0.05, 0.1) is 5.69 Å². The molecule has 2 nitrogen and oxygen atoms in total. The van der Waals surface area contributed by atoms with Crippen LogP contribution in [0.4, 0.5) is 0 Å². The fourth-order valence-electron chi connectivity index (χ4n) is 1.95. The Balaban J connectivity index is 2.28. The molecule has 2 rings (SSSR count). The van der Waals surface area contributed by atoms with E-state index in [1.54, 1.807) is 0 Å². The molecule has 0 spiro atoms. The smallest absolute Gasteiger partial charge is 0.226 e. The van der Waals surface area contributed by atoms with Crippen LogP contribution in [0, 0.1) is 0 Å². The lowest BCUT2D eigenvalue weighted by Crippen LogP contribution is -2.16. The van der Waals surface area contributed by atoms with Gasteiger partial charge in [0.1, 0.15) is 0 Å². The molecule has 0 atom stereocenters. The fraction of sp³-hybridized carbons (Fsp3) is 0.667. The first-order valence-electron chi connectivity index (χ1n) is 4.33. The maximum Gasteiger partial charge on any atom is 0.226 e. The van der Waals surface area contributed by atoms with E-state index in [-0.39, 0.29) is 5.41 Å². The molecule has 1 aliphatic carbocycles. The minimum atomic E-state index is 0.219. The largest absolute Gasteiger partial charge is 0.344 e. The van der Waals surface area contributed by atoms with Crippen molar-refractivity contribution in [2.24, 2.45) is 0 Å². The van der Waals surface area contributed by atoms with Crippen LogP contribution in [-0.4, -0.2) is 5.16 Å². The molecule has 0 aromatic carbocycles. The van der Waals surface area contributed by atoms with Gasteiger partial charge in [0, 0.05) is 11.5 Å². The summed E-state index contributed by atoms with van der Waals surface area (Å²) < 4.78 is 4.86. The molecule has 1 aliphatic rings. The number of hydrogen-bond acceptors (Lipinski definition) is 2. The summed E-state index contributed by atoms with van der Waals surface area (Å²) in [7, 11) is 0. The van der Waals surface area contributed by atoms with E-state index in [2.05, 4.69) is 12.1 Å². The van der Waals surface area contributed by atoms with Crippen LogP contribution >= 0.6 is 11.6 Å². The molecule has 1 fully saturated rings. The summed E-state index contributed by atoms with van der Waals surface area (Å²) in [5, 5.41) is 4.36. The Kier molecular flexibility index (Phi) is 1.87. The Hall–Kier alpha value is -0.500. The van der Waals surface area contributed by atoms with Crippen molar-refractivity contribution in [3.63, 3.8) is 0 Å². The van der Waals surface area contributed by atoms with E-state index < -0.39 is 0 Å². The lowest BCUT2D eigenvalue weighted by atomic mass is 9.85. The van der Waals surface area contributed by atoms with Gasteiger partial charge in [-0.05, 0) is 24.4 Å². The highest BCUT2D eigenvalue weighted by atomic mass is 35.5. The minimum absolute atomic E-state index is 0.219. The zero-order chi connectivity index (χ0) is 8.60. The lowest BCUT2D eigenvalue weighted by molar-refractivity contribution is 0.378. The van der Waals surface area contributed by atoms with E-state index in [4.69, 9.17) is 16.1 Å². The molecule has 0 N–H and O–H groups in total. The second-order valence-corrected chi connectivity index (χ2v) is 4.16. The first kappa shape index (κ1) is 8.11. The van der Waals surface area contributed by atoms with Crippen molar-refractivity contribution in [2.45, 2.75) is 38.0 Å². The van der Waals surface area contributed by atoms with Crippen LogP contribution in [0.25, 0.3) is 0 Å². The number of rotatable bonds is 1. The summed E-state index contributed by atoms with van der Waals surface area (Å²) in [5.41, 5.74) is 1.24. The van der Waals surface area contributed by atoms with Gasteiger partial charge in [-0.15, -0.1) is 0 Å². The molecule has 0 unspecified atom stereocenters. The monoisotopic (exact) mass is 185 g/mol. The Morgan fingerprint density at radius 3 is 2.67 bits per heavy atom. The molecule has 0 saturated heterocycles. The average molecular weight is 186 g/mol. The average Bonchev–Trinajstić information content (AvgIpc) is 2.59. The van der Waals surface area contributed by atoms with Gasteiger partial charge in [-0.3, -0.25) is 0 Å². The Bertz CT molecular complexity index is 276. The molecule has 0 amide bonds. The maximum atomic E-state index is 5.67. The van der Waals surface area contributed by atoms with Gasteiger partial charge < -0.3 is 4.52 Å². The van der Waals surface area contributed by atoms with Crippen molar-refractivity contribution >= 4 is 11.6 Å². The van der Waals surface area contributed by atoms with Gasteiger partial charge in [0.15, 0.2) is 0 Å². The highest BCUT2D eigenvalue weighted by Gasteiger charge is 2.33. The summed E-state index contributed by atoms with van der Waals surface area (Å²) in [6.45, 7) is 2.23. The van der Waals surface area contributed by atoms with Crippen LogP contribution in [0.3, 0.4) is 0 Å². The molecule has 12 heavy (non-hydrogen) atoms. The van der Waals surface area contributed by atoms with E-state index in [1.165, 1.54) is 25.7 Å². The standard InChI is InChI=1S/C9H12ClNO/c1-9(4-2-3-5-9)7-6-8(10)12-11-7/h6H,2-5H2,1H3. The maximum absolute atomic E-state index is 5.67. The summed E-state index contributed by atoms with van der Waals surface area (Å²) in [6, 6.07) is 1.84. The molecule has 0 radical (unpaired) electrons. The van der Waals surface area contributed by atoms with Crippen molar-refractivity contribution in [1.82, 2.24) is 5.16 Å². The minimum Gasteiger partial charge on any atom is -0.344 e. The van der Waals surface area contributed by atoms with Crippen molar-refractivity contribution in [3.05, 3.63) is 17.0 Å². The first-order valence-corrected chi connectivity index (χ1v) is 4.71. The molecule has 0 bridgehead atoms. The quantitative estimate of drug-likeness (QED) is 0.672. The highest BCUT2D eigenvalue weighted by molar-refractivity contribution is 6.28. The van der Waals surface area contributed by atoms with Gasteiger partial charge >= 0.3 is 0 Å². The molecule has 1 saturated carbocycles. The van der Waals surface area contributed by atoms with Crippen molar-refractivity contribution in [3.8, 4) is 0 Å². The van der Waals surface area contributed by atoms with Crippen LogP contribution in [0.5, 0.6) is 0 Å². The second-order valence-electron chi connectivity index (χ2n) is 3.78. The van der Waals surface area contributed by atoms with Gasteiger partial charge in [0.2, 0.25) is 5.22 Å². The lowest BCUT2D eigenvalue weighted by Gasteiger charge is -2.18. The van der Waals surface area contributed by atoms with Gasteiger partial charge in [-0.1, -0.05) is 24.9 Å². The van der Waals surface area contributed by atoms with Crippen LogP contribution in [0.1, 0.15) is 38.3 Å². The summed E-state index contributed by atoms with van der Waals surface area (Å²) in [4.78, 5) is 0. The number of nitrogens with zero attached hydrogens (tertiary/aromatic N) is 1. The topological polar surface area (TPSA) is 26.0 Å². The third kappa shape index (κ3) is 1.24. The third-order valence-electron chi connectivity index (χ3n) is 2.81. The van der Waals surface area contributed by atoms with Gasteiger partial charge in [-0.25, -0.2) is 0 Å². The van der Waals surface area contributed by atoms with Crippen LogP contribution < -0.4 is 0 Å². The molecular formula is C9H12ClNO. The number of halogens is 1. The van der Waals surface area contributed by atoms with Crippen LogP contribution in [0.15, 0.2) is 10.6 Å². The van der Waals surface area contributed by atoms with E-state index in [0.717, 1.165) is 5.69 Å². The van der Waals surface area contributed by atoms with Crippen molar-refractivity contribution in [1.29, 1.82) is 0 Å². The molecule has 1 aromatic heterocycles. The second kappa shape index (κ2) is 2.77. The fourth-order valence-corrected chi connectivity index (χ4v) is 2.09. The summed E-state index contributed by atoms with van der Waals surface area (Å²) in [5.74, 6) is 0. The summed E-state index contributed by atoms with van der Waals surface area (Å²) in [6.07, 6.45) is 4.99. The molecular weight excluding hydrogens is 174 g/mol. The molecule has 1 heterocycles. The van der Waals surface area contributed by atoms with Gasteiger partial charge in [-0.2, -0.15) is 0 Å².